The van der Waals surface area contributed by atoms with Gasteiger partial charge in [0.15, 0.2) is 0 Å². The van der Waals surface area contributed by atoms with E-state index in [2.05, 4.69) is 16.0 Å². The maximum atomic E-state index is 12.5. The Morgan fingerprint density at radius 2 is 1.88 bits per heavy atom. The average Bonchev–Trinajstić information content (AvgIpc) is 3.09. The summed E-state index contributed by atoms with van der Waals surface area (Å²) in [5, 5.41) is 9.50. The number of nitrogens with one attached hydrogen (secondary N) is 3. The molecule has 1 saturated heterocycles. The highest BCUT2D eigenvalue weighted by molar-refractivity contribution is 5.92. The van der Waals surface area contributed by atoms with Gasteiger partial charge in [0.05, 0.1) is 0 Å². The van der Waals surface area contributed by atoms with Crippen LogP contribution in [0.3, 0.4) is 0 Å². The van der Waals surface area contributed by atoms with Crippen molar-refractivity contribution < 1.29 is 9.59 Å². The molecule has 5 heteroatoms. The molecule has 3 aliphatic rings. The van der Waals surface area contributed by atoms with Crippen molar-refractivity contribution in [2.24, 2.45) is 17.3 Å². The van der Waals surface area contributed by atoms with E-state index in [1.165, 1.54) is 0 Å². The predicted octanol–water partition coefficient (Wildman–Crippen LogP) is 2.82. The molecule has 3 fully saturated rings. The predicted molar refractivity (Wildman–Crippen MR) is 102 cm³/mol. The maximum Gasteiger partial charge on any atom is 0.227 e. The fraction of sp³-hybridized carbons (Fsp3) is 0.619. The van der Waals surface area contributed by atoms with E-state index in [4.69, 9.17) is 0 Å². The molecule has 2 aliphatic carbocycles. The highest BCUT2D eigenvalue weighted by atomic mass is 16.2. The normalized spacial score (nSPS) is 24.4. The van der Waals surface area contributed by atoms with Gasteiger partial charge >= 0.3 is 0 Å². The Bertz CT molecular complexity index is 676. The minimum Gasteiger partial charge on any atom is -0.352 e. The molecule has 1 heterocycles. The summed E-state index contributed by atoms with van der Waals surface area (Å²) in [5.74, 6) is 0.672. The summed E-state index contributed by atoms with van der Waals surface area (Å²) in [6, 6.07) is 7.83. The molecule has 2 amide bonds. The quantitative estimate of drug-likeness (QED) is 0.761. The van der Waals surface area contributed by atoms with Crippen LogP contribution in [0.4, 0.5) is 5.69 Å². The van der Waals surface area contributed by atoms with Crippen LogP contribution >= 0.6 is 0 Å². The molecule has 0 aromatic heterocycles. The standard InChI is InChI=1S/C21H29N3O2/c25-19(16-5-1-2-6-16)24-17-7-3-4-15(12-17)14-23-20(26)18-13-21(18)8-10-22-11-9-21/h3-4,7,12,16,18,22H,1-2,5-6,8-11,13-14H2,(H,23,26)(H,24,25). The lowest BCUT2D eigenvalue weighted by Gasteiger charge is -2.23. The highest BCUT2D eigenvalue weighted by Gasteiger charge is 2.57. The molecule has 140 valence electrons. The van der Waals surface area contributed by atoms with E-state index < -0.39 is 0 Å². The van der Waals surface area contributed by atoms with Crippen molar-refractivity contribution >= 4 is 17.5 Å². The Hall–Kier alpha value is -1.88. The Kier molecular flexibility index (Phi) is 4.98. The van der Waals surface area contributed by atoms with Crippen molar-refractivity contribution in [3.8, 4) is 0 Å². The number of rotatable bonds is 5. The van der Waals surface area contributed by atoms with Gasteiger partial charge in [0.2, 0.25) is 11.8 Å². The molecule has 4 rings (SSSR count). The van der Waals surface area contributed by atoms with Gasteiger partial charge in [-0.3, -0.25) is 9.59 Å². The summed E-state index contributed by atoms with van der Waals surface area (Å²) in [4.78, 5) is 24.8. The smallest absolute Gasteiger partial charge is 0.227 e. The first-order valence-corrected chi connectivity index (χ1v) is 10.0. The molecular formula is C21H29N3O2. The number of anilines is 1. The van der Waals surface area contributed by atoms with Gasteiger partial charge in [-0.1, -0.05) is 25.0 Å². The molecule has 1 aliphatic heterocycles. The van der Waals surface area contributed by atoms with Gasteiger partial charge in [-0.25, -0.2) is 0 Å². The number of benzene rings is 1. The summed E-state index contributed by atoms with van der Waals surface area (Å²) >= 11 is 0. The lowest BCUT2D eigenvalue weighted by Crippen LogP contribution is -2.33. The molecule has 1 aromatic rings. The molecular weight excluding hydrogens is 326 g/mol. The third kappa shape index (κ3) is 3.78. The van der Waals surface area contributed by atoms with Crippen molar-refractivity contribution in [2.75, 3.05) is 18.4 Å². The van der Waals surface area contributed by atoms with Crippen LogP contribution in [0.5, 0.6) is 0 Å². The minimum absolute atomic E-state index is 0.134. The van der Waals surface area contributed by atoms with Crippen LogP contribution < -0.4 is 16.0 Å². The third-order valence-corrected chi connectivity index (χ3v) is 6.49. The van der Waals surface area contributed by atoms with E-state index in [1.807, 2.05) is 24.3 Å². The van der Waals surface area contributed by atoms with Crippen molar-refractivity contribution in [1.29, 1.82) is 0 Å². The second-order valence-corrected chi connectivity index (χ2v) is 8.26. The van der Waals surface area contributed by atoms with Crippen LogP contribution in [-0.2, 0) is 16.1 Å². The van der Waals surface area contributed by atoms with Crippen molar-refractivity contribution in [3.63, 3.8) is 0 Å². The van der Waals surface area contributed by atoms with Crippen LogP contribution in [0.25, 0.3) is 0 Å². The Morgan fingerprint density at radius 3 is 2.65 bits per heavy atom. The van der Waals surface area contributed by atoms with Gasteiger partial charge in [0.25, 0.3) is 0 Å². The van der Waals surface area contributed by atoms with E-state index in [1.54, 1.807) is 0 Å². The molecule has 2 saturated carbocycles. The average molecular weight is 355 g/mol. The number of hydrogen-bond acceptors (Lipinski definition) is 3. The highest BCUT2D eigenvalue weighted by Crippen LogP contribution is 2.58. The van der Waals surface area contributed by atoms with E-state index in [0.717, 1.165) is 69.3 Å². The minimum atomic E-state index is 0.134. The van der Waals surface area contributed by atoms with Crippen molar-refractivity contribution in [1.82, 2.24) is 10.6 Å². The van der Waals surface area contributed by atoms with Gasteiger partial charge in [-0.05, 0) is 68.3 Å². The number of amides is 2. The van der Waals surface area contributed by atoms with Crippen LogP contribution in [0, 0.1) is 17.3 Å². The van der Waals surface area contributed by atoms with Gasteiger partial charge in [-0.15, -0.1) is 0 Å². The van der Waals surface area contributed by atoms with Crippen LogP contribution in [0.15, 0.2) is 24.3 Å². The summed E-state index contributed by atoms with van der Waals surface area (Å²) in [5.41, 5.74) is 2.13. The number of carbonyl (C=O) groups excluding carboxylic acids is 2. The zero-order valence-corrected chi connectivity index (χ0v) is 15.4. The first kappa shape index (κ1) is 17.5. The van der Waals surface area contributed by atoms with Crippen molar-refractivity contribution in [3.05, 3.63) is 29.8 Å². The van der Waals surface area contributed by atoms with Crippen LogP contribution in [0.1, 0.15) is 50.5 Å². The zero-order valence-electron chi connectivity index (χ0n) is 15.4. The maximum absolute atomic E-state index is 12.5. The molecule has 0 bridgehead atoms. The lowest BCUT2D eigenvalue weighted by molar-refractivity contribution is -0.123. The second-order valence-electron chi connectivity index (χ2n) is 8.26. The Morgan fingerprint density at radius 1 is 1.12 bits per heavy atom. The number of hydrogen-bond donors (Lipinski definition) is 3. The summed E-state index contributed by atoms with van der Waals surface area (Å²) in [7, 11) is 0. The van der Waals surface area contributed by atoms with Gasteiger partial charge in [0, 0.05) is 24.1 Å². The molecule has 26 heavy (non-hydrogen) atoms. The van der Waals surface area contributed by atoms with E-state index >= 15 is 0 Å². The van der Waals surface area contributed by atoms with Crippen LogP contribution in [0.2, 0.25) is 0 Å². The topological polar surface area (TPSA) is 70.2 Å². The fourth-order valence-electron chi connectivity index (χ4n) is 4.70. The van der Waals surface area contributed by atoms with Crippen LogP contribution in [-0.4, -0.2) is 24.9 Å². The summed E-state index contributed by atoms with van der Waals surface area (Å²) < 4.78 is 0. The molecule has 0 radical (unpaired) electrons. The first-order chi connectivity index (χ1) is 12.7. The van der Waals surface area contributed by atoms with Crippen molar-refractivity contribution in [2.45, 2.75) is 51.5 Å². The Balaban J connectivity index is 1.28. The fourth-order valence-corrected chi connectivity index (χ4v) is 4.70. The zero-order chi connectivity index (χ0) is 18.0. The largest absolute Gasteiger partial charge is 0.352 e. The third-order valence-electron chi connectivity index (χ3n) is 6.49. The molecule has 1 spiro atoms. The molecule has 1 unspecified atom stereocenters. The first-order valence-electron chi connectivity index (χ1n) is 10.0. The molecule has 1 atom stereocenters. The summed E-state index contributed by atoms with van der Waals surface area (Å²) in [6.07, 6.45) is 7.59. The number of piperidine rings is 1. The monoisotopic (exact) mass is 355 g/mol. The van der Waals surface area contributed by atoms with Gasteiger partial charge < -0.3 is 16.0 Å². The van der Waals surface area contributed by atoms with Gasteiger partial charge in [0.1, 0.15) is 0 Å². The molecule has 3 N–H and O–H groups in total. The Labute approximate surface area is 155 Å². The van der Waals surface area contributed by atoms with E-state index in [0.29, 0.717) is 6.54 Å². The SMILES string of the molecule is O=C(Nc1cccc(CNC(=O)C2CC23CCNCC3)c1)C1CCCC1. The van der Waals surface area contributed by atoms with E-state index in [9.17, 15) is 9.59 Å². The van der Waals surface area contributed by atoms with E-state index in [-0.39, 0.29) is 29.1 Å². The molecule has 5 nitrogen and oxygen atoms in total. The molecule has 1 aromatic carbocycles. The summed E-state index contributed by atoms with van der Waals surface area (Å²) in [6.45, 7) is 2.59. The number of carbonyl (C=O) groups is 2. The lowest BCUT2D eigenvalue weighted by atomic mass is 9.92. The van der Waals surface area contributed by atoms with Gasteiger partial charge in [-0.2, -0.15) is 0 Å². The second kappa shape index (κ2) is 7.39.